The van der Waals surface area contributed by atoms with Crippen molar-refractivity contribution in [1.82, 2.24) is 0 Å². The molecule has 14 heavy (non-hydrogen) atoms. The number of furan rings is 1. The molecule has 72 valence electrons. The van der Waals surface area contributed by atoms with Crippen LogP contribution in [-0.4, -0.2) is 13.1 Å². The van der Waals surface area contributed by atoms with E-state index in [0.717, 1.165) is 0 Å². The molecule has 0 N–H and O–H groups in total. The first-order valence-electron chi connectivity index (χ1n) is 3.97. The number of hydrogen-bond acceptors (Lipinski definition) is 3. The first kappa shape index (κ1) is 8.74. The Morgan fingerprint density at radius 1 is 1.50 bits per heavy atom. The van der Waals surface area contributed by atoms with E-state index in [9.17, 15) is 9.18 Å². The molecule has 0 aliphatic rings. The van der Waals surface area contributed by atoms with Crippen molar-refractivity contribution in [2.75, 3.05) is 7.11 Å². The summed E-state index contributed by atoms with van der Waals surface area (Å²) in [7, 11) is 1.26. The summed E-state index contributed by atoms with van der Waals surface area (Å²) in [6.07, 6.45) is 1.26. The van der Waals surface area contributed by atoms with E-state index in [1.54, 1.807) is 0 Å². The fourth-order valence-corrected chi connectivity index (χ4v) is 1.27. The Hall–Kier alpha value is -1.84. The van der Waals surface area contributed by atoms with E-state index < -0.39 is 11.8 Å². The first-order valence-corrected chi connectivity index (χ1v) is 3.97. The number of methoxy groups -OCH3 is 1. The van der Waals surface area contributed by atoms with Crippen LogP contribution >= 0.6 is 0 Å². The van der Waals surface area contributed by atoms with Crippen LogP contribution in [0.1, 0.15) is 10.4 Å². The molecule has 1 aromatic carbocycles. The lowest BCUT2D eigenvalue weighted by molar-refractivity contribution is 0.0602. The topological polar surface area (TPSA) is 39.4 Å². The SMILES string of the molecule is COC(=O)c1coc2ccc(F)cc12. The molecule has 3 nitrogen and oxygen atoms in total. The molecule has 0 bridgehead atoms. The highest BCUT2D eigenvalue weighted by atomic mass is 19.1. The number of ether oxygens (including phenoxy) is 1. The molecule has 0 radical (unpaired) electrons. The number of fused-ring (bicyclic) bond motifs is 1. The minimum atomic E-state index is -0.533. The van der Waals surface area contributed by atoms with Gasteiger partial charge in [0.1, 0.15) is 23.2 Å². The molecule has 0 fully saturated rings. The van der Waals surface area contributed by atoms with Crippen molar-refractivity contribution >= 4 is 16.9 Å². The van der Waals surface area contributed by atoms with Gasteiger partial charge >= 0.3 is 5.97 Å². The minimum absolute atomic E-state index is 0.238. The Kier molecular flexibility index (Phi) is 1.96. The van der Waals surface area contributed by atoms with Crippen LogP contribution in [0, 0.1) is 5.82 Å². The maximum atomic E-state index is 12.9. The molecule has 0 atom stereocenters. The number of carbonyl (C=O) groups is 1. The van der Waals surface area contributed by atoms with Gasteiger partial charge in [-0.25, -0.2) is 9.18 Å². The number of rotatable bonds is 1. The summed E-state index contributed by atoms with van der Waals surface area (Å²) in [5, 5.41) is 0.428. The third kappa shape index (κ3) is 1.25. The predicted octanol–water partition coefficient (Wildman–Crippen LogP) is 2.36. The molecule has 0 spiro atoms. The zero-order valence-electron chi connectivity index (χ0n) is 7.41. The highest BCUT2D eigenvalue weighted by molar-refractivity contribution is 6.03. The van der Waals surface area contributed by atoms with Crippen molar-refractivity contribution in [1.29, 1.82) is 0 Å². The fourth-order valence-electron chi connectivity index (χ4n) is 1.27. The second-order valence-electron chi connectivity index (χ2n) is 2.78. The Balaban J connectivity index is 2.67. The van der Waals surface area contributed by atoms with Gasteiger partial charge in [0.15, 0.2) is 0 Å². The molecule has 2 rings (SSSR count). The van der Waals surface area contributed by atoms with E-state index in [0.29, 0.717) is 11.0 Å². The van der Waals surface area contributed by atoms with Crippen molar-refractivity contribution in [2.45, 2.75) is 0 Å². The normalized spacial score (nSPS) is 10.4. The van der Waals surface area contributed by atoms with Crippen LogP contribution in [0.2, 0.25) is 0 Å². The lowest BCUT2D eigenvalue weighted by Crippen LogP contribution is -1.99. The lowest BCUT2D eigenvalue weighted by Gasteiger charge is -1.94. The molecule has 0 aliphatic carbocycles. The molecule has 1 aromatic heterocycles. The van der Waals surface area contributed by atoms with Crippen LogP contribution in [0.3, 0.4) is 0 Å². The van der Waals surface area contributed by atoms with Crippen LogP contribution in [0.4, 0.5) is 4.39 Å². The fraction of sp³-hybridized carbons (Fsp3) is 0.100. The van der Waals surface area contributed by atoms with Crippen molar-refractivity contribution in [3.05, 3.63) is 35.8 Å². The first-order chi connectivity index (χ1) is 6.72. The summed E-state index contributed by atoms with van der Waals surface area (Å²) in [4.78, 5) is 11.2. The molecular weight excluding hydrogens is 187 g/mol. The van der Waals surface area contributed by atoms with Gasteiger partial charge in [0.25, 0.3) is 0 Å². The van der Waals surface area contributed by atoms with Crippen LogP contribution in [0.25, 0.3) is 11.0 Å². The second-order valence-corrected chi connectivity index (χ2v) is 2.78. The Bertz CT molecular complexity index is 487. The van der Waals surface area contributed by atoms with Crippen molar-refractivity contribution in [2.24, 2.45) is 0 Å². The Labute approximate surface area is 79.1 Å². The van der Waals surface area contributed by atoms with E-state index >= 15 is 0 Å². The van der Waals surface area contributed by atoms with Crippen molar-refractivity contribution in [3.63, 3.8) is 0 Å². The van der Waals surface area contributed by atoms with Gasteiger partial charge in [0.2, 0.25) is 0 Å². The molecule has 0 unspecified atom stereocenters. The van der Waals surface area contributed by atoms with Gasteiger partial charge < -0.3 is 9.15 Å². The minimum Gasteiger partial charge on any atom is -0.465 e. The van der Waals surface area contributed by atoms with Crippen LogP contribution < -0.4 is 0 Å². The van der Waals surface area contributed by atoms with Gasteiger partial charge in [0.05, 0.1) is 7.11 Å². The molecule has 0 aliphatic heterocycles. The van der Waals surface area contributed by atoms with E-state index in [2.05, 4.69) is 4.74 Å². The summed E-state index contributed by atoms with van der Waals surface area (Å²) in [6, 6.07) is 3.98. The van der Waals surface area contributed by atoms with Gasteiger partial charge in [-0.05, 0) is 18.2 Å². The number of hydrogen-bond donors (Lipinski definition) is 0. The van der Waals surface area contributed by atoms with Crippen LogP contribution in [0.15, 0.2) is 28.9 Å². The van der Waals surface area contributed by atoms with Crippen LogP contribution in [-0.2, 0) is 4.74 Å². The standard InChI is InChI=1S/C10H7FO3/c1-13-10(12)8-5-14-9-3-2-6(11)4-7(8)9/h2-5H,1H3. The monoisotopic (exact) mass is 194 g/mol. The van der Waals surface area contributed by atoms with E-state index in [-0.39, 0.29) is 5.56 Å². The Morgan fingerprint density at radius 2 is 2.29 bits per heavy atom. The lowest BCUT2D eigenvalue weighted by atomic mass is 10.2. The summed E-state index contributed by atoms with van der Waals surface area (Å²) >= 11 is 0. The quantitative estimate of drug-likeness (QED) is 0.654. The zero-order chi connectivity index (χ0) is 10.1. The molecule has 0 saturated carbocycles. The Morgan fingerprint density at radius 3 is 3.00 bits per heavy atom. The summed E-state index contributed by atoms with van der Waals surface area (Å²) < 4.78 is 22.4. The van der Waals surface area contributed by atoms with E-state index in [4.69, 9.17) is 4.42 Å². The van der Waals surface area contributed by atoms with E-state index in [1.165, 1.54) is 31.6 Å². The molecule has 4 heteroatoms. The van der Waals surface area contributed by atoms with Gasteiger partial charge in [0, 0.05) is 5.39 Å². The molecule has 0 saturated heterocycles. The summed E-state index contributed by atoms with van der Waals surface area (Å²) in [6.45, 7) is 0. The summed E-state index contributed by atoms with van der Waals surface area (Å²) in [5.74, 6) is -0.946. The van der Waals surface area contributed by atoms with Gasteiger partial charge in [-0.2, -0.15) is 0 Å². The number of benzene rings is 1. The van der Waals surface area contributed by atoms with Gasteiger partial charge in [-0.15, -0.1) is 0 Å². The van der Waals surface area contributed by atoms with Gasteiger partial charge in [-0.1, -0.05) is 0 Å². The number of halogens is 1. The van der Waals surface area contributed by atoms with Crippen LogP contribution in [0.5, 0.6) is 0 Å². The van der Waals surface area contributed by atoms with Crippen molar-refractivity contribution < 1.29 is 18.3 Å². The molecular formula is C10H7FO3. The smallest absolute Gasteiger partial charge is 0.341 e. The summed E-state index contributed by atoms with van der Waals surface area (Å²) in [5.41, 5.74) is 0.703. The average molecular weight is 194 g/mol. The van der Waals surface area contributed by atoms with E-state index in [1.807, 2.05) is 0 Å². The number of esters is 1. The highest BCUT2D eigenvalue weighted by Gasteiger charge is 2.14. The molecule has 0 amide bonds. The zero-order valence-corrected chi connectivity index (χ0v) is 7.41. The maximum absolute atomic E-state index is 12.9. The third-order valence-corrected chi connectivity index (χ3v) is 1.94. The third-order valence-electron chi connectivity index (χ3n) is 1.94. The second kappa shape index (κ2) is 3.14. The predicted molar refractivity (Wildman–Crippen MR) is 47.5 cm³/mol. The highest BCUT2D eigenvalue weighted by Crippen LogP contribution is 2.22. The molecule has 1 heterocycles. The van der Waals surface area contributed by atoms with Gasteiger partial charge in [-0.3, -0.25) is 0 Å². The average Bonchev–Trinajstić information content (AvgIpc) is 2.59. The largest absolute Gasteiger partial charge is 0.465 e. The molecule has 2 aromatic rings. The van der Waals surface area contributed by atoms with Crippen molar-refractivity contribution in [3.8, 4) is 0 Å². The number of carbonyl (C=O) groups excluding carboxylic acids is 1. The maximum Gasteiger partial charge on any atom is 0.341 e.